The van der Waals surface area contributed by atoms with Crippen LogP contribution in [-0.4, -0.2) is 25.5 Å². The lowest BCUT2D eigenvalue weighted by atomic mass is 10.1. The van der Waals surface area contributed by atoms with E-state index >= 15 is 0 Å². The second-order valence-electron chi connectivity index (χ2n) is 6.78. The number of ether oxygens (including phenoxy) is 1. The average molecular weight is 370 g/mol. The summed E-state index contributed by atoms with van der Waals surface area (Å²) in [6.45, 7) is 7.74. The van der Waals surface area contributed by atoms with Gasteiger partial charge in [0.15, 0.2) is 0 Å². The maximum atomic E-state index is 6.18. The van der Waals surface area contributed by atoms with Gasteiger partial charge in [0, 0.05) is 18.5 Å². The van der Waals surface area contributed by atoms with Gasteiger partial charge in [0.2, 0.25) is 5.88 Å². The molecule has 0 saturated carbocycles. The molecule has 0 radical (unpaired) electrons. The fourth-order valence-electron chi connectivity index (χ4n) is 2.34. The van der Waals surface area contributed by atoms with Crippen LogP contribution in [0.2, 0.25) is 5.15 Å². The Morgan fingerprint density at radius 2 is 1.69 bits per heavy atom. The minimum Gasteiger partial charge on any atom is -0.472 e. The van der Waals surface area contributed by atoms with Gasteiger partial charge in [-0.1, -0.05) is 11.6 Å². The third-order valence-electron chi connectivity index (χ3n) is 3.31. The van der Waals surface area contributed by atoms with Crippen molar-refractivity contribution in [2.75, 3.05) is 5.32 Å². The molecule has 0 fully saturated rings. The van der Waals surface area contributed by atoms with Crippen LogP contribution < -0.4 is 10.1 Å². The lowest BCUT2D eigenvalue weighted by Gasteiger charge is -2.20. The van der Waals surface area contributed by atoms with Crippen LogP contribution in [0.25, 0.3) is 11.1 Å². The third-order valence-corrected chi connectivity index (χ3v) is 3.50. The molecule has 7 heteroatoms. The molecule has 0 aromatic carbocycles. The summed E-state index contributed by atoms with van der Waals surface area (Å²) >= 11 is 6.18. The molecule has 0 atom stereocenters. The van der Waals surface area contributed by atoms with E-state index in [-0.39, 0.29) is 5.60 Å². The Hall–Kier alpha value is -2.73. The van der Waals surface area contributed by atoms with E-state index < -0.39 is 0 Å². The molecule has 0 aliphatic heterocycles. The van der Waals surface area contributed by atoms with Crippen LogP contribution in [0.3, 0.4) is 0 Å². The summed E-state index contributed by atoms with van der Waals surface area (Å²) in [7, 11) is 0. The van der Waals surface area contributed by atoms with E-state index in [2.05, 4.69) is 25.3 Å². The first-order valence-electron chi connectivity index (χ1n) is 8.18. The molecule has 3 rings (SSSR count). The van der Waals surface area contributed by atoms with Crippen LogP contribution in [0.1, 0.15) is 26.6 Å². The van der Waals surface area contributed by atoms with Crippen LogP contribution in [0.15, 0.2) is 42.7 Å². The lowest BCUT2D eigenvalue weighted by Crippen LogP contribution is -2.23. The van der Waals surface area contributed by atoms with Crippen molar-refractivity contribution in [2.45, 2.75) is 33.3 Å². The number of aromatic nitrogens is 4. The number of hydrogen-bond donors (Lipinski definition) is 1. The molecule has 134 valence electrons. The SMILES string of the molecule is Cc1nccc(Nc2cc(-c3cc(Cl)nc(OC(C)(C)C)c3)ccn2)n1. The minimum atomic E-state index is -0.356. The summed E-state index contributed by atoms with van der Waals surface area (Å²) in [5.41, 5.74) is 1.48. The molecule has 1 N–H and O–H groups in total. The number of anilines is 2. The highest BCUT2D eigenvalue weighted by Crippen LogP contribution is 2.29. The van der Waals surface area contributed by atoms with E-state index in [1.54, 1.807) is 24.5 Å². The second kappa shape index (κ2) is 7.25. The summed E-state index contributed by atoms with van der Waals surface area (Å²) < 4.78 is 5.84. The van der Waals surface area contributed by atoms with Gasteiger partial charge in [-0.15, -0.1) is 0 Å². The number of hydrogen-bond acceptors (Lipinski definition) is 6. The van der Waals surface area contributed by atoms with Gasteiger partial charge in [-0.25, -0.2) is 19.9 Å². The smallest absolute Gasteiger partial charge is 0.215 e. The van der Waals surface area contributed by atoms with E-state index in [1.807, 2.05) is 45.9 Å². The van der Waals surface area contributed by atoms with E-state index in [1.165, 1.54) is 0 Å². The van der Waals surface area contributed by atoms with Gasteiger partial charge in [0.25, 0.3) is 0 Å². The quantitative estimate of drug-likeness (QED) is 0.665. The molecule has 0 aliphatic rings. The third kappa shape index (κ3) is 4.89. The van der Waals surface area contributed by atoms with Crippen LogP contribution in [0.4, 0.5) is 11.6 Å². The summed E-state index contributed by atoms with van der Waals surface area (Å²) in [5, 5.41) is 3.55. The first-order valence-corrected chi connectivity index (χ1v) is 8.56. The standard InChI is InChI=1S/C19H20ClN5O/c1-12-21-8-6-16(23-12)25-17-10-13(5-7-22-17)14-9-15(20)24-18(11-14)26-19(2,3)4/h5-11H,1-4H3,(H,21,22,23,25). The van der Waals surface area contributed by atoms with Gasteiger partial charge in [0.1, 0.15) is 28.2 Å². The second-order valence-corrected chi connectivity index (χ2v) is 7.16. The Morgan fingerprint density at radius 1 is 0.923 bits per heavy atom. The summed E-state index contributed by atoms with van der Waals surface area (Å²) in [6.07, 6.45) is 3.43. The summed E-state index contributed by atoms with van der Waals surface area (Å²) in [5.74, 6) is 2.53. The van der Waals surface area contributed by atoms with Crippen molar-refractivity contribution in [3.8, 4) is 17.0 Å². The molecule has 0 bridgehead atoms. The molecule has 26 heavy (non-hydrogen) atoms. The number of aryl methyl sites for hydroxylation is 1. The molecular weight excluding hydrogens is 350 g/mol. The lowest BCUT2D eigenvalue weighted by molar-refractivity contribution is 0.124. The van der Waals surface area contributed by atoms with E-state index in [0.29, 0.717) is 28.5 Å². The molecule has 3 heterocycles. The molecule has 0 unspecified atom stereocenters. The highest BCUT2D eigenvalue weighted by Gasteiger charge is 2.14. The molecule has 3 aromatic heterocycles. The zero-order valence-electron chi connectivity index (χ0n) is 15.1. The minimum absolute atomic E-state index is 0.356. The average Bonchev–Trinajstić information content (AvgIpc) is 2.53. The zero-order valence-corrected chi connectivity index (χ0v) is 15.9. The Balaban J connectivity index is 1.90. The number of pyridine rings is 2. The number of nitrogens with one attached hydrogen (secondary N) is 1. The largest absolute Gasteiger partial charge is 0.472 e. The normalized spacial score (nSPS) is 11.3. The molecule has 0 aliphatic carbocycles. The predicted molar refractivity (Wildman–Crippen MR) is 103 cm³/mol. The Bertz CT molecular complexity index is 924. The highest BCUT2D eigenvalue weighted by atomic mass is 35.5. The van der Waals surface area contributed by atoms with Crippen molar-refractivity contribution in [3.63, 3.8) is 0 Å². The Kier molecular flexibility index (Phi) is 5.04. The number of halogens is 1. The fraction of sp³-hybridized carbons (Fsp3) is 0.263. The van der Waals surface area contributed by atoms with Crippen molar-refractivity contribution < 1.29 is 4.74 Å². The van der Waals surface area contributed by atoms with Crippen LogP contribution in [0, 0.1) is 6.92 Å². The monoisotopic (exact) mass is 369 g/mol. The van der Waals surface area contributed by atoms with Gasteiger partial charge in [-0.2, -0.15) is 0 Å². The van der Waals surface area contributed by atoms with E-state index in [9.17, 15) is 0 Å². The van der Waals surface area contributed by atoms with Gasteiger partial charge in [-0.05, 0) is 63.1 Å². The maximum Gasteiger partial charge on any atom is 0.215 e. The number of nitrogens with zero attached hydrogens (tertiary/aromatic N) is 4. The van der Waals surface area contributed by atoms with Crippen molar-refractivity contribution in [2.24, 2.45) is 0 Å². The van der Waals surface area contributed by atoms with Gasteiger partial charge in [-0.3, -0.25) is 0 Å². The van der Waals surface area contributed by atoms with Crippen molar-refractivity contribution in [1.82, 2.24) is 19.9 Å². The number of rotatable bonds is 4. The van der Waals surface area contributed by atoms with Gasteiger partial charge >= 0.3 is 0 Å². The fourth-order valence-corrected chi connectivity index (χ4v) is 2.54. The van der Waals surface area contributed by atoms with Crippen molar-refractivity contribution in [1.29, 1.82) is 0 Å². The first-order chi connectivity index (χ1) is 12.3. The van der Waals surface area contributed by atoms with E-state index in [4.69, 9.17) is 16.3 Å². The molecule has 0 spiro atoms. The molecule has 6 nitrogen and oxygen atoms in total. The van der Waals surface area contributed by atoms with Crippen molar-refractivity contribution >= 4 is 23.2 Å². The van der Waals surface area contributed by atoms with Gasteiger partial charge < -0.3 is 10.1 Å². The molecule has 0 saturated heterocycles. The maximum absolute atomic E-state index is 6.18. The van der Waals surface area contributed by atoms with Crippen molar-refractivity contribution in [3.05, 3.63) is 53.7 Å². The summed E-state index contributed by atoms with van der Waals surface area (Å²) in [4.78, 5) is 17.0. The molecule has 3 aromatic rings. The van der Waals surface area contributed by atoms with Crippen LogP contribution >= 0.6 is 11.6 Å². The van der Waals surface area contributed by atoms with Crippen LogP contribution in [-0.2, 0) is 0 Å². The highest BCUT2D eigenvalue weighted by molar-refractivity contribution is 6.29. The zero-order chi connectivity index (χ0) is 18.7. The summed E-state index contributed by atoms with van der Waals surface area (Å²) in [6, 6.07) is 9.28. The molecular formula is C19H20ClN5O. The van der Waals surface area contributed by atoms with E-state index in [0.717, 1.165) is 11.1 Å². The Morgan fingerprint density at radius 3 is 2.42 bits per heavy atom. The first kappa shape index (κ1) is 18.1. The predicted octanol–water partition coefficient (Wildman–Crippen LogP) is 4.82. The Labute approximate surface area is 157 Å². The van der Waals surface area contributed by atoms with Gasteiger partial charge in [0.05, 0.1) is 0 Å². The molecule has 0 amide bonds. The van der Waals surface area contributed by atoms with Crippen LogP contribution in [0.5, 0.6) is 5.88 Å². The topological polar surface area (TPSA) is 72.8 Å².